The Morgan fingerprint density at radius 3 is 2.58 bits per heavy atom. The first-order valence-corrected chi connectivity index (χ1v) is 9.77. The van der Waals surface area contributed by atoms with Crippen molar-refractivity contribution in [1.29, 1.82) is 0 Å². The van der Waals surface area contributed by atoms with Crippen LogP contribution in [0.25, 0.3) is 0 Å². The van der Waals surface area contributed by atoms with Crippen molar-refractivity contribution in [3.8, 4) is 0 Å². The Hall–Kier alpha value is -1.44. The smallest absolute Gasteiger partial charge is 0.254 e. The van der Waals surface area contributed by atoms with Gasteiger partial charge in [-0.2, -0.15) is 0 Å². The molecular weight excluding hydrogens is 328 g/mol. The third-order valence-electron chi connectivity index (χ3n) is 4.06. The molecule has 1 aromatic rings. The molecule has 0 aliphatic carbocycles. The van der Waals surface area contributed by atoms with Crippen LogP contribution in [0.5, 0.6) is 0 Å². The average molecular weight is 354 g/mol. The number of aryl methyl sites for hydroxylation is 1. The highest BCUT2D eigenvalue weighted by Crippen LogP contribution is 2.18. The maximum atomic E-state index is 12.7. The molecule has 0 atom stereocenters. The topological polar surface area (TPSA) is 75.7 Å². The molecule has 0 bridgehead atoms. The molecule has 0 spiro atoms. The van der Waals surface area contributed by atoms with E-state index in [4.69, 9.17) is 4.74 Å². The number of amides is 1. The van der Waals surface area contributed by atoms with Crippen molar-refractivity contribution < 1.29 is 17.9 Å². The number of carbonyl (C=O) groups is 1. The van der Waals surface area contributed by atoms with Gasteiger partial charge >= 0.3 is 0 Å². The lowest BCUT2D eigenvalue weighted by molar-refractivity contribution is 0.0302. The molecule has 1 fully saturated rings. The molecule has 1 aliphatic rings. The third-order valence-corrected chi connectivity index (χ3v) is 5.52. The molecule has 1 saturated heterocycles. The second-order valence-corrected chi connectivity index (χ2v) is 8.23. The number of hydrogen-bond donors (Lipinski definition) is 1. The van der Waals surface area contributed by atoms with Crippen LogP contribution in [0.4, 0.5) is 0 Å². The lowest BCUT2D eigenvalue weighted by Crippen LogP contribution is -2.41. The van der Waals surface area contributed by atoms with Crippen molar-refractivity contribution in [2.24, 2.45) is 5.92 Å². The Kier molecular flexibility index (Phi) is 6.37. The fourth-order valence-corrected chi connectivity index (χ4v) is 3.57. The molecule has 24 heavy (non-hydrogen) atoms. The standard InChI is InChI=1S/C17H26N2O4S/c1-13(2)6-7-18-24(21,22)15-5-4-14(3)16(12-15)17(20)19-8-10-23-11-9-19/h4-5,12-13,18H,6-11H2,1-3H3. The second-order valence-electron chi connectivity index (χ2n) is 6.46. The molecule has 0 radical (unpaired) electrons. The van der Waals surface area contributed by atoms with Crippen LogP contribution >= 0.6 is 0 Å². The molecular formula is C17H26N2O4S. The van der Waals surface area contributed by atoms with Crippen LogP contribution in [0.15, 0.2) is 23.1 Å². The monoisotopic (exact) mass is 354 g/mol. The van der Waals surface area contributed by atoms with Crippen LogP contribution in [-0.4, -0.2) is 52.1 Å². The van der Waals surface area contributed by atoms with Crippen molar-refractivity contribution in [2.75, 3.05) is 32.8 Å². The Balaban J connectivity index is 2.19. The zero-order valence-corrected chi connectivity index (χ0v) is 15.4. The predicted octanol–water partition coefficient (Wildman–Crippen LogP) is 1.79. The van der Waals surface area contributed by atoms with E-state index in [1.54, 1.807) is 17.0 Å². The molecule has 1 heterocycles. The van der Waals surface area contributed by atoms with Crippen LogP contribution in [0.3, 0.4) is 0 Å². The molecule has 6 nitrogen and oxygen atoms in total. The molecule has 1 aromatic carbocycles. The number of morpholine rings is 1. The lowest BCUT2D eigenvalue weighted by Gasteiger charge is -2.27. The largest absolute Gasteiger partial charge is 0.378 e. The van der Waals surface area contributed by atoms with Gasteiger partial charge in [0.2, 0.25) is 10.0 Å². The number of carbonyl (C=O) groups excluding carboxylic acids is 1. The number of nitrogens with zero attached hydrogens (tertiary/aromatic N) is 1. The van der Waals surface area contributed by atoms with Gasteiger partial charge in [-0.25, -0.2) is 13.1 Å². The Bertz CT molecular complexity index is 680. The van der Waals surface area contributed by atoms with E-state index in [0.29, 0.717) is 44.3 Å². The first-order chi connectivity index (χ1) is 11.3. The minimum absolute atomic E-state index is 0.133. The van der Waals surface area contributed by atoms with Crippen molar-refractivity contribution in [3.63, 3.8) is 0 Å². The quantitative estimate of drug-likeness (QED) is 0.845. The molecule has 0 aromatic heterocycles. The normalized spacial score (nSPS) is 15.8. The summed E-state index contributed by atoms with van der Waals surface area (Å²) in [5.74, 6) is 0.277. The number of nitrogens with one attached hydrogen (secondary N) is 1. The van der Waals surface area contributed by atoms with E-state index in [0.717, 1.165) is 12.0 Å². The molecule has 0 unspecified atom stereocenters. The van der Waals surface area contributed by atoms with Gasteiger partial charge in [-0.15, -0.1) is 0 Å². The van der Waals surface area contributed by atoms with Gasteiger partial charge in [0.15, 0.2) is 0 Å². The maximum absolute atomic E-state index is 12.7. The summed E-state index contributed by atoms with van der Waals surface area (Å²) in [4.78, 5) is 14.5. The van der Waals surface area contributed by atoms with E-state index in [2.05, 4.69) is 4.72 Å². The first-order valence-electron chi connectivity index (χ1n) is 8.28. The van der Waals surface area contributed by atoms with Gasteiger partial charge in [0.05, 0.1) is 18.1 Å². The van der Waals surface area contributed by atoms with E-state index in [9.17, 15) is 13.2 Å². The van der Waals surface area contributed by atoms with E-state index in [1.807, 2.05) is 20.8 Å². The van der Waals surface area contributed by atoms with E-state index >= 15 is 0 Å². The summed E-state index contributed by atoms with van der Waals surface area (Å²) >= 11 is 0. The molecule has 1 amide bonds. The van der Waals surface area contributed by atoms with Gasteiger partial charge in [-0.05, 0) is 37.0 Å². The van der Waals surface area contributed by atoms with Crippen LogP contribution in [0.2, 0.25) is 0 Å². The van der Waals surface area contributed by atoms with Crippen LogP contribution in [-0.2, 0) is 14.8 Å². The summed E-state index contributed by atoms with van der Waals surface area (Å²) in [5, 5.41) is 0. The minimum atomic E-state index is -3.60. The number of benzene rings is 1. The van der Waals surface area contributed by atoms with Gasteiger partial charge < -0.3 is 9.64 Å². The zero-order chi connectivity index (χ0) is 17.7. The fraction of sp³-hybridized carbons (Fsp3) is 0.588. The fourth-order valence-electron chi connectivity index (χ4n) is 2.50. The highest BCUT2D eigenvalue weighted by atomic mass is 32.2. The van der Waals surface area contributed by atoms with Gasteiger partial charge in [0.25, 0.3) is 5.91 Å². The molecule has 134 valence electrons. The summed E-state index contributed by atoms with van der Waals surface area (Å²) in [6.07, 6.45) is 0.769. The van der Waals surface area contributed by atoms with Gasteiger partial charge in [-0.1, -0.05) is 19.9 Å². The molecule has 0 saturated carbocycles. The van der Waals surface area contributed by atoms with Crippen LogP contribution in [0.1, 0.15) is 36.2 Å². The number of ether oxygens (including phenoxy) is 1. The summed E-state index contributed by atoms with van der Waals surface area (Å²) in [5.41, 5.74) is 1.20. The van der Waals surface area contributed by atoms with Crippen molar-refractivity contribution in [2.45, 2.75) is 32.1 Å². The van der Waals surface area contributed by atoms with Gasteiger partial charge in [0, 0.05) is 25.2 Å². The van der Waals surface area contributed by atoms with Crippen molar-refractivity contribution >= 4 is 15.9 Å². The minimum Gasteiger partial charge on any atom is -0.378 e. The molecule has 7 heteroatoms. The Labute approximate surface area is 144 Å². The van der Waals surface area contributed by atoms with Gasteiger partial charge in [0.1, 0.15) is 0 Å². The lowest BCUT2D eigenvalue weighted by atomic mass is 10.1. The van der Waals surface area contributed by atoms with Gasteiger partial charge in [-0.3, -0.25) is 4.79 Å². The Morgan fingerprint density at radius 2 is 1.96 bits per heavy atom. The zero-order valence-electron chi connectivity index (χ0n) is 14.5. The van der Waals surface area contributed by atoms with Crippen LogP contribution in [0, 0.1) is 12.8 Å². The highest BCUT2D eigenvalue weighted by molar-refractivity contribution is 7.89. The van der Waals surface area contributed by atoms with Crippen molar-refractivity contribution in [3.05, 3.63) is 29.3 Å². The molecule has 1 N–H and O–H groups in total. The predicted molar refractivity (Wildman–Crippen MR) is 92.5 cm³/mol. The summed E-state index contributed by atoms with van der Waals surface area (Å²) in [7, 11) is -3.60. The Morgan fingerprint density at radius 1 is 1.29 bits per heavy atom. The first kappa shape index (κ1) is 18.9. The SMILES string of the molecule is Cc1ccc(S(=O)(=O)NCCC(C)C)cc1C(=O)N1CCOCC1. The highest BCUT2D eigenvalue weighted by Gasteiger charge is 2.22. The number of sulfonamides is 1. The van der Waals surface area contributed by atoms with E-state index in [1.165, 1.54) is 6.07 Å². The summed E-state index contributed by atoms with van der Waals surface area (Å²) < 4.78 is 32.7. The van der Waals surface area contributed by atoms with Crippen molar-refractivity contribution in [1.82, 2.24) is 9.62 Å². The average Bonchev–Trinajstić information content (AvgIpc) is 2.54. The third kappa shape index (κ3) is 4.78. The number of rotatable bonds is 6. The summed E-state index contributed by atoms with van der Waals surface area (Å²) in [6.45, 7) is 8.37. The second kappa shape index (κ2) is 8.09. The molecule has 1 aliphatic heterocycles. The van der Waals surface area contributed by atoms with Crippen LogP contribution < -0.4 is 4.72 Å². The summed E-state index contributed by atoms with van der Waals surface area (Å²) in [6, 6.07) is 4.71. The number of hydrogen-bond acceptors (Lipinski definition) is 4. The van der Waals surface area contributed by atoms with E-state index < -0.39 is 10.0 Å². The molecule has 2 rings (SSSR count). The van der Waals surface area contributed by atoms with E-state index in [-0.39, 0.29) is 10.8 Å². The maximum Gasteiger partial charge on any atom is 0.254 e.